The number of hydrogen-bond donors (Lipinski definition) is 0. The van der Waals surface area contributed by atoms with Crippen molar-refractivity contribution >= 4 is 0 Å². The van der Waals surface area contributed by atoms with Crippen molar-refractivity contribution in [3.05, 3.63) is 108 Å². The first-order valence-electron chi connectivity index (χ1n) is 11.3. The molecule has 2 aliphatic rings. The van der Waals surface area contributed by atoms with Crippen molar-refractivity contribution in [2.75, 3.05) is 0 Å². The standard InChI is InChI=1S/2C9H12O.2C5H5.Zr/c2*1-7(2)8-5-3-4-6-9(8)10;2*1-2-4-5-3-1;/h2*3-7,10H,1-2H3;2*1-5H;/q;;;;+2/p-2. The molecule has 0 saturated carbocycles. The van der Waals surface area contributed by atoms with E-state index in [9.17, 15) is 0 Å². The van der Waals surface area contributed by atoms with Gasteiger partial charge in [-0.25, -0.2) is 0 Å². The molecule has 0 heterocycles. The van der Waals surface area contributed by atoms with Crippen LogP contribution in [0.25, 0.3) is 0 Å². The molecule has 0 atom stereocenters. The van der Waals surface area contributed by atoms with Gasteiger partial charge in [0.1, 0.15) is 0 Å². The van der Waals surface area contributed by atoms with Crippen LogP contribution in [0, 0.1) is 0 Å². The van der Waals surface area contributed by atoms with E-state index in [1.807, 2.05) is 0 Å². The predicted molar refractivity (Wildman–Crippen MR) is 126 cm³/mol. The number of allylic oxidation sites excluding steroid dienone is 8. The number of hydrogen-bond acceptors (Lipinski definition) is 2. The average molecular weight is 492 g/mol. The summed E-state index contributed by atoms with van der Waals surface area (Å²) in [5.74, 6) is 2.70. The predicted octanol–water partition coefficient (Wildman–Crippen LogP) is 8.20. The summed E-state index contributed by atoms with van der Waals surface area (Å²) in [6, 6.07) is 16.9. The van der Waals surface area contributed by atoms with Crippen molar-refractivity contribution in [3.63, 3.8) is 0 Å². The van der Waals surface area contributed by atoms with E-state index in [0.29, 0.717) is 11.8 Å². The molecule has 0 radical (unpaired) electrons. The Bertz CT molecular complexity index is 921. The van der Waals surface area contributed by atoms with Crippen LogP contribution in [0.15, 0.2) is 97.1 Å². The molecule has 2 aromatic rings. The summed E-state index contributed by atoms with van der Waals surface area (Å²) in [4.78, 5) is 0. The van der Waals surface area contributed by atoms with Gasteiger partial charge in [0.05, 0.1) is 0 Å². The minimum atomic E-state index is -3.93. The van der Waals surface area contributed by atoms with Crippen molar-refractivity contribution in [2.24, 2.45) is 0 Å². The normalized spacial score (nSPS) is 16.2. The fraction of sp³-hybridized carbons (Fsp3) is 0.286. The first-order chi connectivity index (χ1) is 15.0. The van der Waals surface area contributed by atoms with Gasteiger partial charge in [0.25, 0.3) is 0 Å². The fourth-order valence-corrected chi connectivity index (χ4v) is 13.2. The van der Waals surface area contributed by atoms with Crippen molar-refractivity contribution in [3.8, 4) is 11.5 Å². The van der Waals surface area contributed by atoms with Gasteiger partial charge in [-0.05, 0) is 0 Å². The third-order valence-electron chi connectivity index (χ3n) is 6.05. The van der Waals surface area contributed by atoms with Crippen molar-refractivity contribution in [2.45, 2.75) is 46.8 Å². The Morgan fingerprint density at radius 3 is 1.29 bits per heavy atom. The molecule has 3 heteroatoms. The molecule has 0 aromatic heterocycles. The molecule has 0 fully saturated rings. The molecule has 2 aliphatic carbocycles. The minimum absolute atomic E-state index is 0.187. The number of para-hydroxylation sites is 2. The Hall–Kier alpha value is -2.12. The van der Waals surface area contributed by atoms with Crippen LogP contribution < -0.4 is 5.63 Å². The van der Waals surface area contributed by atoms with Crippen molar-refractivity contribution in [1.29, 1.82) is 0 Å². The van der Waals surface area contributed by atoms with Crippen LogP contribution in [0.3, 0.4) is 0 Å². The van der Waals surface area contributed by atoms with Crippen LogP contribution in [0.5, 0.6) is 11.5 Å². The van der Waals surface area contributed by atoms with Gasteiger partial charge < -0.3 is 0 Å². The van der Waals surface area contributed by atoms with Crippen LogP contribution in [-0.4, -0.2) is 0 Å². The zero-order valence-electron chi connectivity index (χ0n) is 18.9. The summed E-state index contributed by atoms with van der Waals surface area (Å²) in [6.45, 7) is 8.89. The molecule has 0 spiro atoms. The Labute approximate surface area is 192 Å². The van der Waals surface area contributed by atoms with Gasteiger partial charge in [-0.1, -0.05) is 0 Å². The van der Waals surface area contributed by atoms with Gasteiger partial charge in [-0.2, -0.15) is 0 Å². The van der Waals surface area contributed by atoms with Gasteiger partial charge in [0.2, 0.25) is 0 Å². The summed E-state index contributed by atoms with van der Waals surface area (Å²) in [5, 5.41) is 0. The van der Waals surface area contributed by atoms with E-state index in [0.717, 1.165) is 11.5 Å². The Kier molecular flexibility index (Phi) is 6.82. The summed E-state index contributed by atoms with van der Waals surface area (Å²) < 4.78 is 14.7. The second kappa shape index (κ2) is 9.57. The van der Waals surface area contributed by atoms with Gasteiger partial charge in [0.15, 0.2) is 0 Å². The third-order valence-corrected chi connectivity index (χ3v) is 15.2. The second-order valence-electron chi connectivity index (χ2n) is 8.90. The molecular formula is C28H32O2Zr. The van der Waals surface area contributed by atoms with Crippen LogP contribution >= 0.6 is 0 Å². The van der Waals surface area contributed by atoms with E-state index >= 15 is 0 Å². The van der Waals surface area contributed by atoms with E-state index in [2.05, 4.69) is 125 Å². The van der Waals surface area contributed by atoms with E-state index in [4.69, 9.17) is 5.63 Å². The number of rotatable bonds is 8. The van der Waals surface area contributed by atoms with E-state index < -0.39 is 21.1 Å². The van der Waals surface area contributed by atoms with Gasteiger partial charge >= 0.3 is 193 Å². The van der Waals surface area contributed by atoms with Gasteiger partial charge in [-0.15, -0.1) is 0 Å². The Morgan fingerprint density at radius 2 is 0.935 bits per heavy atom. The summed E-state index contributed by atoms with van der Waals surface area (Å²) in [5.41, 5.74) is 2.47. The third kappa shape index (κ3) is 4.58. The molecule has 0 saturated heterocycles. The molecule has 0 aliphatic heterocycles. The Balaban J connectivity index is 1.86. The maximum absolute atomic E-state index is 7.18. The average Bonchev–Trinajstić information content (AvgIpc) is 3.48. The SMILES string of the molecule is CC(C)c1ccccc1[O][Zr]([O]c1ccccc1C(C)C)([CH]1C=CC=C1)[CH]1C=CC=C1. The zero-order chi connectivity index (χ0) is 21.8. The molecule has 31 heavy (non-hydrogen) atoms. The Morgan fingerprint density at radius 1 is 0.581 bits per heavy atom. The molecule has 0 unspecified atom stereocenters. The molecular weight excluding hydrogens is 460 g/mol. The molecule has 0 amide bonds. The first kappa shape index (κ1) is 22.1. The van der Waals surface area contributed by atoms with Crippen LogP contribution in [0.4, 0.5) is 0 Å². The molecule has 4 rings (SSSR count). The van der Waals surface area contributed by atoms with Crippen molar-refractivity contribution < 1.29 is 26.8 Å². The second-order valence-corrected chi connectivity index (χ2v) is 16.7. The molecule has 0 N–H and O–H groups in total. The number of benzene rings is 2. The quantitative estimate of drug-likeness (QED) is 0.370. The zero-order valence-corrected chi connectivity index (χ0v) is 21.3. The monoisotopic (exact) mass is 490 g/mol. The van der Waals surface area contributed by atoms with Crippen molar-refractivity contribution in [1.82, 2.24) is 0 Å². The molecule has 2 aromatic carbocycles. The van der Waals surface area contributed by atoms with Crippen LogP contribution in [0.2, 0.25) is 7.25 Å². The van der Waals surface area contributed by atoms with Crippen LogP contribution in [-0.2, 0) is 21.1 Å². The topological polar surface area (TPSA) is 18.5 Å². The molecule has 2 nitrogen and oxygen atoms in total. The molecule has 160 valence electrons. The van der Waals surface area contributed by atoms with Crippen LogP contribution in [0.1, 0.15) is 50.7 Å². The van der Waals surface area contributed by atoms with E-state index in [1.165, 1.54) is 11.1 Å². The van der Waals surface area contributed by atoms with E-state index in [1.54, 1.807) is 0 Å². The summed E-state index contributed by atoms with van der Waals surface area (Å²) >= 11 is -3.93. The first-order valence-corrected chi connectivity index (χ1v) is 16.1. The summed E-state index contributed by atoms with van der Waals surface area (Å²) in [6.07, 6.45) is 17.6. The molecule has 0 bridgehead atoms. The van der Waals surface area contributed by atoms with E-state index in [-0.39, 0.29) is 7.25 Å². The fourth-order valence-electron chi connectivity index (χ4n) is 4.36. The maximum atomic E-state index is 7.18. The van der Waals surface area contributed by atoms with Gasteiger partial charge in [-0.3, -0.25) is 0 Å². The summed E-state index contributed by atoms with van der Waals surface area (Å²) in [7, 11) is 0. The van der Waals surface area contributed by atoms with Gasteiger partial charge in [0, 0.05) is 0 Å².